The van der Waals surface area contributed by atoms with Crippen molar-refractivity contribution in [2.75, 3.05) is 7.11 Å². The Morgan fingerprint density at radius 3 is 2.47 bits per heavy atom. The van der Waals surface area contributed by atoms with Gasteiger partial charge < -0.3 is 9.15 Å². The monoisotopic (exact) mass is 294 g/mol. The van der Waals surface area contributed by atoms with Gasteiger partial charge in [-0.25, -0.2) is 0 Å². The van der Waals surface area contributed by atoms with Crippen molar-refractivity contribution in [3.63, 3.8) is 0 Å². The SMILES string of the molecule is COc1ccc(CC(Br)c2ccoc2C)cc1. The van der Waals surface area contributed by atoms with Crippen LogP contribution in [0.25, 0.3) is 0 Å². The van der Waals surface area contributed by atoms with Gasteiger partial charge in [0.2, 0.25) is 0 Å². The number of halogens is 1. The molecule has 0 aliphatic heterocycles. The van der Waals surface area contributed by atoms with E-state index in [-0.39, 0.29) is 4.83 Å². The number of benzene rings is 1. The lowest BCUT2D eigenvalue weighted by atomic mass is 10.0. The van der Waals surface area contributed by atoms with E-state index < -0.39 is 0 Å². The lowest BCUT2D eigenvalue weighted by Gasteiger charge is -2.09. The van der Waals surface area contributed by atoms with Gasteiger partial charge in [-0.15, -0.1) is 0 Å². The minimum atomic E-state index is 0.287. The van der Waals surface area contributed by atoms with E-state index in [1.807, 2.05) is 25.1 Å². The lowest BCUT2D eigenvalue weighted by molar-refractivity contribution is 0.414. The van der Waals surface area contributed by atoms with Crippen molar-refractivity contribution in [1.82, 2.24) is 0 Å². The van der Waals surface area contributed by atoms with Gasteiger partial charge in [-0.3, -0.25) is 0 Å². The van der Waals surface area contributed by atoms with E-state index in [0.29, 0.717) is 0 Å². The van der Waals surface area contributed by atoms with Gasteiger partial charge in [0, 0.05) is 10.4 Å². The molecule has 2 rings (SSSR count). The number of aryl methyl sites for hydroxylation is 1. The lowest BCUT2D eigenvalue weighted by Crippen LogP contribution is -1.95. The molecule has 1 atom stereocenters. The summed E-state index contributed by atoms with van der Waals surface area (Å²) in [5.41, 5.74) is 2.48. The van der Waals surface area contributed by atoms with Crippen LogP contribution >= 0.6 is 15.9 Å². The molecule has 17 heavy (non-hydrogen) atoms. The Morgan fingerprint density at radius 1 is 1.24 bits per heavy atom. The number of rotatable bonds is 4. The van der Waals surface area contributed by atoms with Crippen LogP contribution in [-0.2, 0) is 6.42 Å². The molecule has 0 saturated heterocycles. The summed E-state index contributed by atoms with van der Waals surface area (Å²) in [6, 6.07) is 10.2. The van der Waals surface area contributed by atoms with Gasteiger partial charge >= 0.3 is 0 Å². The molecule has 3 heteroatoms. The van der Waals surface area contributed by atoms with Crippen LogP contribution in [0.15, 0.2) is 41.0 Å². The Kier molecular flexibility index (Phi) is 3.89. The minimum Gasteiger partial charge on any atom is -0.497 e. The second-order valence-electron chi connectivity index (χ2n) is 3.95. The Balaban J connectivity index is 2.07. The van der Waals surface area contributed by atoms with Gasteiger partial charge in [-0.1, -0.05) is 28.1 Å². The quantitative estimate of drug-likeness (QED) is 0.786. The zero-order valence-corrected chi connectivity index (χ0v) is 11.5. The van der Waals surface area contributed by atoms with Crippen LogP contribution in [0, 0.1) is 6.92 Å². The molecule has 0 bridgehead atoms. The molecule has 1 heterocycles. The van der Waals surface area contributed by atoms with Gasteiger partial charge in [-0.2, -0.15) is 0 Å². The summed E-state index contributed by atoms with van der Waals surface area (Å²) in [4.78, 5) is 0.287. The third kappa shape index (κ3) is 2.91. The zero-order chi connectivity index (χ0) is 12.3. The summed E-state index contributed by atoms with van der Waals surface area (Å²) < 4.78 is 10.4. The molecule has 1 aromatic heterocycles. The summed E-state index contributed by atoms with van der Waals surface area (Å²) in [5.74, 6) is 1.86. The molecule has 2 aromatic rings. The normalized spacial score (nSPS) is 12.4. The highest BCUT2D eigenvalue weighted by Crippen LogP contribution is 2.30. The maximum absolute atomic E-state index is 5.31. The molecule has 0 radical (unpaired) electrons. The van der Waals surface area contributed by atoms with Crippen LogP contribution in [-0.4, -0.2) is 7.11 Å². The smallest absolute Gasteiger partial charge is 0.118 e. The zero-order valence-electron chi connectivity index (χ0n) is 9.94. The number of ether oxygens (including phenoxy) is 1. The summed E-state index contributed by atoms with van der Waals surface area (Å²) in [6.07, 6.45) is 2.66. The van der Waals surface area contributed by atoms with Crippen molar-refractivity contribution in [2.24, 2.45) is 0 Å². The maximum Gasteiger partial charge on any atom is 0.118 e. The van der Waals surface area contributed by atoms with Gasteiger partial charge in [0.15, 0.2) is 0 Å². The highest BCUT2D eigenvalue weighted by Gasteiger charge is 2.13. The molecule has 1 unspecified atom stereocenters. The van der Waals surface area contributed by atoms with Gasteiger partial charge in [0.05, 0.1) is 13.4 Å². The first kappa shape index (κ1) is 12.2. The number of furan rings is 1. The molecular formula is C14H15BrO2. The van der Waals surface area contributed by atoms with Crippen LogP contribution in [0.5, 0.6) is 5.75 Å². The molecule has 90 valence electrons. The topological polar surface area (TPSA) is 22.4 Å². The van der Waals surface area contributed by atoms with Crippen LogP contribution in [0.2, 0.25) is 0 Å². The van der Waals surface area contributed by atoms with E-state index in [2.05, 4.69) is 28.1 Å². The van der Waals surface area contributed by atoms with Crippen LogP contribution < -0.4 is 4.74 Å². The average molecular weight is 295 g/mol. The van der Waals surface area contributed by atoms with E-state index in [1.54, 1.807) is 13.4 Å². The van der Waals surface area contributed by atoms with Crippen LogP contribution in [0.4, 0.5) is 0 Å². The average Bonchev–Trinajstić information content (AvgIpc) is 2.76. The minimum absolute atomic E-state index is 0.287. The molecule has 0 amide bonds. The molecule has 0 spiro atoms. The predicted octanol–water partition coefficient (Wildman–Crippen LogP) is 4.28. The highest BCUT2D eigenvalue weighted by molar-refractivity contribution is 9.09. The Bertz CT molecular complexity index is 473. The summed E-state index contributed by atoms with van der Waals surface area (Å²) in [5, 5.41) is 0. The molecule has 0 fully saturated rings. The predicted molar refractivity (Wildman–Crippen MR) is 71.8 cm³/mol. The molecule has 0 aliphatic rings. The Hall–Kier alpha value is -1.22. The Morgan fingerprint density at radius 2 is 1.94 bits per heavy atom. The van der Waals surface area contributed by atoms with E-state index in [1.165, 1.54) is 11.1 Å². The van der Waals surface area contributed by atoms with Gasteiger partial charge in [-0.05, 0) is 37.1 Å². The first-order valence-electron chi connectivity index (χ1n) is 5.51. The van der Waals surface area contributed by atoms with Crippen molar-refractivity contribution < 1.29 is 9.15 Å². The van der Waals surface area contributed by atoms with Gasteiger partial charge in [0.25, 0.3) is 0 Å². The van der Waals surface area contributed by atoms with Crippen molar-refractivity contribution in [3.8, 4) is 5.75 Å². The van der Waals surface area contributed by atoms with E-state index >= 15 is 0 Å². The highest BCUT2D eigenvalue weighted by atomic mass is 79.9. The standard InChI is InChI=1S/C14H15BrO2/c1-10-13(7-8-17-10)14(15)9-11-3-5-12(16-2)6-4-11/h3-8,14H,9H2,1-2H3. The third-order valence-electron chi connectivity index (χ3n) is 2.81. The van der Waals surface area contributed by atoms with Crippen LogP contribution in [0.1, 0.15) is 21.7 Å². The fourth-order valence-electron chi connectivity index (χ4n) is 1.80. The number of hydrogen-bond acceptors (Lipinski definition) is 2. The second-order valence-corrected chi connectivity index (χ2v) is 5.06. The van der Waals surface area contributed by atoms with Crippen LogP contribution in [0.3, 0.4) is 0 Å². The molecule has 2 nitrogen and oxygen atoms in total. The Labute approximate surface area is 110 Å². The van der Waals surface area contributed by atoms with Crippen molar-refractivity contribution in [2.45, 2.75) is 18.2 Å². The maximum atomic E-state index is 5.31. The first-order valence-corrected chi connectivity index (χ1v) is 6.43. The molecule has 0 N–H and O–H groups in total. The van der Waals surface area contributed by atoms with Crippen molar-refractivity contribution in [1.29, 1.82) is 0 Å². The summed E-state index contributed by atoms with van der Waals surface area (Å²) >= 11 is 3.70. The molecular weight excluding hydrogens is 280 g/mol. The van der Waals surface area contributed by atoms with Crippen molar-refractivity contribution in [3.05, 3.63) is 53.5 Å². The first-order chi connectivity index (χ1) is 8.20. The fourth-order valence-corrected chi connectivity index (χ4v) is 2.65. The largest absolute Gasteiger partial charge is 0.497 e. The number of alkyl halides is 1. The molecule has 0 aliphatic carbocycles. The molecule has 1 aromatic carbocycles. The number of hydrogen-bond donors (Lipinski definition) is 0. The van der Waals surface area contributed by atoms with Crippen molar-refractivity contribution >= 4 is 15.9 Å². The number of methoxy groups -OCH3 is 1. The fraction of sp³-hybridized carbons (Fsp3) is 0.286. The van der Waals surface area contributed by atoms with E-state index in [4.69, 9.17) is 9.15 Å². The molecule has 0 saturated carbocycles. The summed E-state index contributed by atoms with van der Waals surface area (Å²) in [7, 11) is 1.68. The van der Waals surface area contributed by atoms with E-state index in [9.17, 15) is 0 Å². The second kappa shape index (κ2) is 5.41. The summed E-state index contributed by atoms with van der Waals surface area (Å²) in [6.45, 7) is 1.98. The van der Waals surface area contributed by atoms with Gasteiger partial charge in [0.1, 0.15) is 11.5 Å². The third-order valence-corrected chi connectivity index (χ3v) is 3.63. The van der Waals surface area contributed by atoms with E-state index in [0.717, 1.165) is 17.9 Å².